The third-order valence-corrected chi connectivity index (χ3v) is 1.31. The van der Waals surface area contributed by atoms with Crippen molar-refractivity contribution in [3.63, 3.8) is 0 Å². The first-order valence-electron chi connectivity index (χ1n) is 4.76. The topological polar surface area (TPSA) is 20.3 Å². The summed E-state index contributed by atoms with van der Waals surface area (Å²) in [6.07, 6.45) is 5.75. The molecule has 0 spiro atoms. The van der Waals surface area contributed by atoms with Gasteiger partial charge in [0, 0.05) is 19.7 Å². The average Bonchev–Trinajstić information content (AvgIpc) is 2.17. The maximum Gasteiger partial charge on any atom is 0.246 e. The standard InChI is InChI=1S/C9H15NO.C2H6/c1-4-6-7-9(11)10(3)8-5-2;1-2/h4,6-7H,1,5,8H2,2-3H3;1-2H3/b7-6-;. The Morgan fingerprint density at radius 3 is 2.38 bits per heavy atom. The second-order valence-corrected chi connectivity index (χ2v) is 2.35. The van der Waals surface area contributed by atoms with Crippen LogP contribution in [0.1, 0.15) is 27.2 Å². The van der Waals surface area contributed by atoms with Gasteiger partial charge in [0.15, 0.2) is 0 Å². The molecule has 0 radical (unpaired) electrons. The smallest absolute Gasteiger partial charge is 0.246 e. The maximum atomic E-state index is 11.1. The lowest BCUT2D eigenvalue weighted by Gasteiger charge is -2.12. The van der Waals surface area contributed by atoms with Crippen LogP contribution in [0, 0.1) is 0 Å². The fraction of sp³-hybridized carbons (Fsp3) is 0.545. The van der Waals surface area contributed by atoms with Gasteiger partial charge in [0.05, 0.1) is 0 Å². The van der Waals surface area contributed by atoms with Crippen molar-refractivity contribution < 1.29 is 4.79 Å². The Labute approximate surface area is 81.9 Å². The van der Waals surface area contributed by atoms with Crippen LogP contribution in [0.2, 0.25) is 0 Å². The van der Waals surface area contributed by atoms with Crippen LogP contribution in [0.5, 0.6) is 0 Å². The van der Waals surface area contributed by atoms with Gasteiger partial charge in [-0.25, -0.2) is 0 Å². The summed E-state index contributed by atoms with van der Waals surface area (Å²) < 4.78 is 0. The molecule has 0 heterocycles. The van der Waals surface area contributed by atoms with Gasteiger partial charge in [0.1, 0.15) is 0 Å². The number of nitrogens with zero attached hydrogens (tertiary/aromatic N) is 1. The molecule has 0 aromatic heterocycles. The van der Waals surface area contributed by atoms with E-state index in [2.05, 4.69) is 6.58 Å². The van der Waals surface area contributed by atoms with Crippen molar-refractivity contribution in [3.8, 4) is 0 Å². The number of carbonyl (C=O) groups is 1. The first-order chi connectivity index (χ1) is 6.22. The molecule has 0 aliphatic heterocycles. The van der Waals surface area contributed by atoms with E-state index in [0.717, 1.165) is 13.0 Å². The normalized spacial score (nSPS) is 8.92. The molecule has 0 aliphatic rings. The van der Waals surface area contributed by atoms with E-state index in [1.165, 1.54) is 6.08 Å². The summed E-state index contributed by atoms with van der Waals surface area (Å²) in [5.41, 5.74) is 0. The molecule has 0 aliphatic carbocycles. The van der Waals surface area contributed by atoms with E-state index in [4.69, 9.17) is 0 Å². The Hall–Kier alpha value is -1.05. The molecular weight excluding hydrogens is 162 g/mol. The first-order valence-corrected chi connectivity index (χ1v) is 4.76. The second kappa shape index (κ2) is 11.0. The molecule has 76 valence electrons. The summed E-state index contributed by atoms with van der Waals surface area (Å²) in [5, 5.41) is 0. The van der Waals surface area contributed by atoms with E-state index in [9.17, 15) is 4.79 Å². The maximum absolute atomic E-state index is 11.1. The van der Waals surface area contributed by atoms with Crippen molar-refractivity contribution in [1.29, 1.82) is 0 Å². The zero-order valence-electron chi connectivity index (χ0n) is 9.21. The van der Waals surface area contributed by atoms with Crippen molar-refractivity contribution in [3.05, 3.63) is 24.8 Å². The molecule has 0 rings (SSSR count). The SMILES string of the molecule is C=C/C=C\C(=O)N(C)CCC.CC. The largest absolute Gasteiger partial charge is 0.342 e. The molecule has 1 amide bonds. The highest BCUT2D eigenvalue weighted by molar-refractivity contribution is 5.87. The lowest BCUT2D eigenvalue weighted by Crippen LogP contribution is -2.25. The number of rotatable bonds is 4. The molecule has 0 aromatic carbocycles. The van der Waals surface area contributed by atoms with Crippen molar-refractivity contribution in [2.75, 3.05) is 13.6 Å². The van der Waals surface area contributed by atoms with Crippen molar-refractivity contribution >= 4 is 5.91 Å². The third kappa shape index (κ3) is 8.86. The van der Waals surface area contributed by atoms with Gasteiger partial charge in [0.25, 0.3) is 0 Å². The number of carbonyl (C=O) groups excluding carboxylic acids is 1. The van der Waals surface area contributed by atoms with E-state index in [0.29, 0.717) is 0 Å². The monoisotopic (exact) mass is 183 g/mol. The van der Waals surface area contributed by atoms with E-state index >= 15 is 0 Å². The van der Waals surface area contributed by atoms with Crippen LogP contribution in [0.15, 0.2) is 24.8 Å². The predicted molar refractivity (Wildman–Crippen MR) is 58.6 cm³/mol. The Bertz CT molecular complexity index is 161. The fourth-order valence-corrected chi connectivity index (χ4v) is 0.723. The predicted octanol–water partition coefficient (Wildman–Crippen LogP) is 2.62. The van der Waals surface area contributed by atoms with Gasteiger partial charge in [-0.05, 0) is 6.42 Å². The molecule has 0 N–H and O–H groups in total. The number of likely N-dealkylation sites (N-methyl/N-ethyl adjacent to an activating group) is 1. The number of hydrogen-bond acceptors (Lipinski definition) is 1. The molecule has 0 saturated heterocycles. The van der Waals surface area contributed by atoms with Crippen LogP contribution in [0.25, 0.3) is 0 Å². The molecular formula is C11H21NO. The van der Waals surface area contributed by atoms with Gasteiger partial charge >= 0.3 is 0 Å². The van der Waals surface area contributed by atoms with Crippen molar-refractivity contribution in [1.82, 2.24) is 4.90 Å². The minimum atomic E-state index is 0.0340. The summed E-state index contributed by atoms with van der Waals surface area (Å²) in [4.78, 5) is 12.8. The Balaban J connectivity index is 0. The quantitative estimate of drug-likeness (QED) is 0.484. The molecule has 2 heteroatoms. The summed E-state index contributed by atoms with van der Waals surface area (Å²) >= 11 is 0. The van der Waals surface area contributed by atoms with E-state index < -0.39 is 0 Å². The van der Waals surface area contributed by atoms with Crippen molar-refractivity contribution in [2.24, 2.45) is 0 Å². The van der Waals surface area contributed by atoms with Gasteiger partial charge in [-0.15, -0.1) is 0 Å². The van der Waals surface area contributed by atoms with Crippen molar-refractivity contribution in [2.45, 2.75) is 27.2 Å². The van der Waals surface area contributed by atoms with Crippen LogP contribution < -0.4 is 0 Å². The molecule has 0 atom stereocenters. The number of amides is 1. The minimum Gasteiger partial charge on any atom is -0.342 e. The lowest BCUT2D eigenvalue weighted by molar-refractivity contribution is -0.124. The van der Waals surface area contributed by atoms with Crippen LogP contribution in [0.4, 0.5) is 0 Å². The molecule has 2 nitrogen and oxygen atoms in total. The van der Waals surface area contributed by atoms with E-state index in [1.807, 2.05) is 20.8 Å². The van der Waals surface area contributed by atoms with Gasteiger partial charge in [-0.2, -0.15) is 0 Å². The van der Waals surface area contributed by atoms with Crippen LogP contribution >= 0.6 is 0 Å². The molecule has 0 aromatic rings. The molecule has 13 heavy (non-hydrogen) atoms. The minimum absolute atomic E-state index is 0.0340. The average molecular weight is 183 g/mol. The van der Waals surface area contributed by atoms with Gasteiger partial charge < -0.3 is 4.90 Å². The Morgan fingerprint density at radius 2 is 2.00 bits per heavy atom. The van der Waals surface area contributed by atoms with E-state index in [-0.39, 0.29) is 5.91 Å². The van der Waals surface area contributed by atoms with Crippen LogP contribution in [0.3, 0.4) is 0 Å². The van der Waals surface area contributed by atoms with Gasteiger partial charge in [-0.1, -0.05) is 39.5 Å². The highest BCUT2D eigenvalue weighted by atomic mass is 16.2. The lowest BCUT2D eigenvalue weighted by atomic mass is 10.4. The highest BCUT2D eigenvalue weighted by Crippen LogP contribution is 1.89. The summed E-state index contributed by atoms with van der Waals surface area (Å²) in [5.74, 6) is 0.0340. The zero-order chi connectivity index (χ0) is 10.7. The Kier molecular flexibility index (Phi) is 12.2. The van der Waals surface area contributed by atoms with E-state index in [1.54, 1.807) is 24.1 Å². The Morgan fingerprint density at radius 1 is 1.46 bits per heavy atom. The third-order valence-electron chi connectivity index (χ3n) is 1.31. The summed E-state index contributed by atoms with van der Waals surface area (Å²) in [6.45, 7) is 10.3. The van der Waals surface area contributed by atoms with Crippen LogP contribution in [-0.4, -0.2) is 24.4 Å². The van der Waals surface area contributed by atoms with Gasteiger partial charge in [-0.3, -0.25) is 4.79 Å². The molecule has 0 bridgehead atoms. The summed E-state index contributed by atoms with van der Waals surface area (Å²) in [7, 11) is 1.79. The van der Waals surface area contributed by atoms with Crippen LogP contribution in [-0.2, 0) is 4.79 Å². The second-order valence-electron chi connectivity index (χ2n) is 2.35. The molecule has 0 saturated carbocycles. The zero-order valence-corrected chi connectivity index (χ0v) is 9.21. The molecule has 0 unspecified atom stereocenters. The van der Waals surface area contributed by atoms with Gasteiger partial charge in [0.2, 0.25) is 5.91 Å². The number of allylic oxidation sites excluding steroid dienone is 2. The fourth-order valence-electron chi connectivity index (χ4n) is 0.723. The molecule has 0 fully saturated rings. The highest BCUT2D eigenvalue weighted by Gasteiger charge is 2.00. The summed E-state index contributed by atoms with van der Waals surface area (Å²) in [6, 6.07) is 0. The number of hydrogen-bond donors (Lipinski definition) is 0. The first kappa shape index (κ1) is 14.5.